The van der Waals surface area contributed by atoms with Gasteiger partial charge in [-0.15, -0.1) is 0 Å². The topological polar surface area (TPSA) is 49.9 Å². The van der Waals surface area contributed by atoms with Crippen LogP contribution >= 0.6 is 0 Å². The van der Waals surface area contributed by atoms with Crippen molar-refractivity contribution in [2.24, 2.45) is 17.3 Å². The van der Waals surface area contributed by atoms with Crippen LogP contribution in [0.4, 0.5) is 13.6 Å². The number of hydrogen-bond acceptors (Lipinski definition) is 3. The number of likely N-dealkylation sites (tertiary alicyclic amines) is 2. The van der Waals surface area contributed by atoms with Crippen LogP contribution in [0.25, 0.3) is 0 Å². The Morgan fingerprint density at radius 3 is 2.76 bits per heavy atom. The number of carbonyl (C=O) groups is 2. The molecule has 0 bridgehead atoms. The summed E-state index contributed by atoms with van der Waals surface area (Å²) in [6.07, 6.45) is 4.03. The molecular formula is C22H26F2N2O3. The molecule has 29 heavy (non-hydrogen) atoms. The van der Waals surface area contributed by atoms with Crippen LogP contribution in [0.15, 0.2) is 18.2 Å². The van der Waals surface area contributed by atoms with Gasteiger partial charge in [0.25, 0.3) is 0 Å². The minimum absolute atomic E-state index is 0.0696. The van der Waals surface area contributed by atoms with Crippen molar-refractivity contribution < 1.29 is 23.1 Å². The van der Waals surface area contributed by atoms with Gasteiger partial charge in [-0.3, -0.25) is 4.79 Å². The molecule has 3 aliphatic heterocycles. The van der Waals surface area contributed by atoms with Crippen molar-refractivity contribution in [2.45, 2.75) is 38.2 Å². The lowest BCUT2D eigenvalue weighted by Gasteiger charge is -2.60. The zero-order chi connectivity index (χ0) is 20.2. The zero-order valence-corrected chi connectivity index (χ0v) is 16.4. The number of halogens is 2. The molecule has 156 valence electrons. The molecule has 1 spiro atoms. The van der Waals surface area contributed by atoms with E-state index in [9.17, 15) is 18.4 Å². The molecule has 1 aromatic carbocycles. The Hall–Kier alpha value is -2.02. The van der Waals surface area contributed by atoms with Crippen LogP contribution in [0, 0.1) is 28.9 Å². The number of urea groups is 1. The Bertz CT molecular complexity index is 831. The van der Waals surface area contributed by atoms with Crippen molar-refractivity contribution >= 4 is 11.8 Å². The predicted molar refractivity (Wildman–Crippen MR) is 101 cm³/mol. The van der Waals surface area contributed by atoms with Gasteiger partial charge in [-0.1, -0.05) is 6.07 Å². The second kappa shape index (κ2) is 7.04. The maximum Gasteiger partial charge on any atom is 0.320 e. The Labute approximate surface area is 169 Å². The molecule has 1 saturated carbocycles. The van der Waals surface area contributed by atoms with Gasteiger partial charge in [0.1, 0.15) is 18.2 Å². The van der Waals surface area contributed by atoms with E-state index in [0.717, 1.165) is 38.4 Å². The standard InChI is InChI=1S/C22H26F2N2O3/c23-17-2-1-15(19(24)7-17)5-14-8-22(9-14)12-26(13-22)21(28)25-4-3-20-16(10-25)6-18(27)11-29-20/h1-2,7,14,16,20H,3-6,8-13H2/t16-,20-/m0/s1. The molecule has 7 heteroatoms. The number of ether oxygens (including phenoxy) is 1. The summed E-state index contributed by atoms with van der Waals surface area (Å²) in [4.78, 5) is 28.3. The fraction of sp³-hybridized carbons (Fsp3) is 0.636. The maximum absolute atomic E-state index is 13.8. The van der Waals surface area contributed by atoms with Crippen molar-refractivity contribution in [3.63, 3.8) is 0 Å². The molecule has 5 nitrogen and oxygen atoms in total. The number of Topliss-reactive ketones (excluding diaryl/α,β-unsaturated/α-hetero) is 1. The fourth-order valence-corrected chi connectivity index (χ4v) is 5.82. The third-order valence-electron chi connectivity index (χ3n) is 7.17. The van der Waals surface area contributed by atoms with Gasteiger partial charge < -0.3 is 14.5 Å². The molecule has 3 saturated heterocycles. The lowest BCUT2D eigenvalue weighted by molar-refractivity contribution is -0.140. The maximum atomic E-state index is 13.8. The van der Waals surface area contributed by atoms with E-state index in [1.54, 1.807) is 0 Å². The van der Waals surface area contributed by atoms with E-state index in [2.05, 4.69) is 0 Å². The number of piperidine rings is 1. The quantitative estimate of drug-likeness (QED) is 0.762. The van der Waals surface area contributed by atoms with E-state index in [4.69, 9.17) is 4.74 Å². The first-order valence-corrected chi connectivity index (χ1v) is 10.5. The Kier molecular flexibility index (Phi) is 4.61. The summed E-state index contributed by atoms with van der Waals surface area (Å²) in [5.41, 5.74) is 0.754. The summed E-state index contributed by atoms with van der Waals surface area (Å²) < 4.78 is 32.5. The van der Waals surface area contributed by atoms with Crippen LogP contribution in [0.1, 0.15) is 31.2 Å². The molecule has 2 amide bonds. The molecule has 0 aromatic heterocycles. The summed E-state index contributed by atoms with van der Waals surface area (Å²) in [6.45, 7) is 3.02. The van der Waals surface area contributed by atoms with Crippen LogP contribution < -0.4 is 0 Å². The van der Waals surface area contributed by atoms with Gasteiger partial charge in [-0.05, 0) is 43.2 Å². The van der Waals surface area contributed by atoms with Crippen LogP contribution in [0.5, 0.6) is 0 Å². The second-order valence-corrected chi connectivity index (χ2v) is 9.44. The summed E-state index contributed by atoms with van der Waals surface area (Å²) in [7, 11) is 0. The van der Waals surface area contributed by atoms with Crippen LogP contribution in [0.3, 0.4) is 0 Å². The molecule has 4 aliphatic rings. The van der Waals surface area contributed by atoms with Crippen molar-refractivity contribution in [1.29, 1.82) is 0 Å². The van der Waals surface area contributed by atoms with E-state index < -0.39 is 11.6 Å². The van der Waals surface area contributed by atoms with E-state index in [0.29, 0.717) is 37.4 Å². The van der Waals surface area contributed by atoms with E-state index in [1.807, 2.05) is 9.80 Å². The van der Waals surface area contributed by atoms with Gasteiger partial charge in [0.05, 0.1) is 6.10 Å². The van der Waals surface area contributed by atoms with Crippen LogP contribution in [-0.4, -0.2) is 60.5 Å². The second-order valence-electron chi connectivity index (χ2n) is 9.44. The first-order chi connectivity index (χ1) is 13.9. The fourth-order valence-electron chi connectivity index (χ4n) is 5.82. The normalized spacial score (nSPS) is 28.7. The van der Waals surface area contributed by atoms with Crippen molar-refractivity contribution in [2.75, 3.05) is 32.8 Å². The lowest BCUT2D eigenvalue weighted by atomic mass is 9.56. The van der Waals surface area contributed by atoms with Gasteiger partial charge in [0, 0.05) is 50.0 Å². The average molecular weight is 404 g/mol. The number of rotatable bonds is 2. The van der Waals surface area contributed by atoms with Crippen LogP contribution in [-0.2, 0) is 16.0 Å². The van der Waals surface area contributed by atoms with E-state index in [1.165, 1.54) is 12.1 Å². The first-order valence-electron chi connectivity index (χ1n) is 10.5. The Morgan fingerprint density at radius 1 is 1.21 bits per heavy atom. The molecule has 4 fully saturated rings. The first kappa shape index (κ1) is 19.0. The third-order valence-corrected chi connectivity index (χ3v) is 7.17. The highest BCUT2D eigenvalue weighted by Gasteiger charge is 2.54. The molecule has 5 rings (SSSR count). The average Bonchev–Trinajstić information content (AvgIpc) is 2.63. The number of amides is 2. The highest BCUT2D eigenvalue weighted by Crippen LogP contribution is 2.53. The van der Waals surface area contributed by atoms with Crippen molar-refractivity contribution in [3.05, 3.63) is 35.4 Å². The zero-order valence-electron chi connectivity index (χ0n) is 16.4. The number of benzene rings is 1. The number of fused-ring (bicyclic) bond motifs is 1. The molecule has 1 aromatic rings. The molecule has 3 heterocycles. The van der Waals surface area contributed by atoms with Crippen LogP contribution in [0.2, 0.25) is 0 Å². The predicted octanol–water partition coefficient (Wildman–Crippen LogP) is 3.02. The molecule has 0 unspecified atom stereocenters. The number of ketones is 1. The summed E-state index contributed by atoms with van der Waals surface area (Å²) in [5.74, 6) is -0.361. The minimum atomic E-state index is -0.544. The Balaban J connectivity index is 1.10. The third kappa shape index (κ3) is 3.54. The van der Waals surface area contributed by atoms with Gasteiger partial charge in [0.2, 0.25) is 0 Å². The SMILES string of the molecule is O=C1CO[C@H]2CCN(C(=O)N3CC4(CC(Cc5ccc(F)cc5F)C4)C3)C[C@@H]2C1. The number of carbonyl (C=O) groups excluding carboxylic acids is 2. The summed E-state index contributed by atoms with van der Waals surface area (Å²) in [6, 6.07) is 3.86. The minimum Gasteiger partial charge on any atom is -0.370 e. The molecule has 1 aliphatic carbocycles. The Morgan fingerprint density at radius 2 is 2.00 bits per heavy atom. The molecule has 0 N–H and O–H groups in total. The van der Waals surface area contributed by atoms with E-state index >= 15 is 0 Å². The van der Waals surface area contributed by atoms with Gasteiger partial charge >= 0.3 is 6.03 Å². The highest BCUT2D eigenvalue weighted by atomic mass is 19.1. The molecule has 2 atom stereocenters. The summed E-state index contributed by atoms with van der Waals surface area (Å²) >= 11 is 0. The smallest absolute Gasteiger partial charge is 0.320 e. The number of hydrogen-bond donors (Lipinski definition) is 0. The van der Waals surface area contributed by atoms with Crippen molar-refractivity contribution in [1.82, 2.24) is 9.80 Å². The van der Waals surface area contributed by atoms with E-state index in [-0.39, 0.29) is 35.9 Å². The largest absolute Gasteiger partial charge is 0.370 e. The highest BCUT2D eigenvalue weighted by molar-refractivity contribution is 5.81. The molecular weight excluding hydrogens is 378 g/mol. The summed E-state index contributed by atoms with van der Waals surface area (Å²) in [5, 5.41) is 0. The lowest BCUT2D eigenvalue weighted by Crippen LogP contribution is -2.66. The van der Waals surface area contributed by atoms with Gasteiger partial charge in [-0.25, -0.2) is 13.6 Å². The van der Waals surface area contributed by atoms with Gasteiger partial charge in [-0.2, -0.15) is 0 Å². The van der Waals surface area contributed by atoms with Crippen molar-refractivity contribution in [3.8, 4) is 0 Å². The molecule has 0 radical (unpaired) electrons. The number of nitrogens with zero attached hydrogens (tertiary/aromatic N) is 2. The monoisotopic (exact) mass is 404 g/mol. The van der Waals surface area contributed by atoms with Gasteiger partial charge in [0.15, 0.2) is 5.78 Å².